The van der Waals surface area contributed by atoms with Crippen molar-refractivity contribution in [3.05, 3.63) is 71.8 Å². The molecule has 0 spiro atoms. The minimum atomic E-state index is -3.29. The Morgan fingerprint density at radius 1 is 0.714 bits per heavy atom. The van der Waals surface area contributed by atoms with Crippen LogP contribution >= 0.6 is 0 Å². The summed E-state index contributed by atoms with van der Waals surface area (Å²) in [4.78, 5) is 24.0. The molecule has 2 aliphatic rings. The highest BCUT2D eigenvalue weighted by atomic mass is 32.2. The lowest BCUT2D eigenvalue weighted by Gasteiger charge is -2.37. The Bertz CT molecular complexity index is 1200. The third-order valence-corrected chi connectivity index (χ3v) is 8.51. The van der Waals surface area contributed by atoms with Crippen molar-refractivity contribution in [3.63, 3.8) is 0 Å². The monoisotopic (exact) mass is 602 g/mol. The van der Waals surface area contributed by atoms with E-state index in [1.54, 1.807) is 0 Å². The van der Waals surface area contributed by atoms with Crippen LogP contribution in [0.25, 0.3) is 0 Å². The number of sulfonamides is 1. The molecule has 0 saturated heterocycles. The molecule has 11 heteroatoms. The Kier molecular flexibility index (Phi) is 13.1. The summed E-state index contributed by atoms with van der Waals surface area (Å²) in [5.41, 5.74) is 6.91. The van der Waals surface area contributed by atoms with Gasteiger partial charge in [0.1, 0.15) is 13.2 Å². The molecule has 5 N–H and O–H groups in total. The topological polar surface area (TPSA) is 149 Å². The van der Waals surface area contributed by atoms with Gasteiger partial charge in [-0.05, 0) is 36.8 Å². The van der Waals surface area contributed by atoms with Gasteiger partial charge in [0.2, 0.25) is 10.0 Å². The summed E-state index contributed by atoms with van der Waals surface area (Å²) in [6, 6.07) is 19.1. The molecule has 0 aromatic heterocycles. The number of carbonyl (C=O) groups excluding carboxylic acids is 2. The van der Waals surface area contributed by atoms with E-state index >= 15 is 0 Å². The highest BCUT2D eigenvalue weighted by Crippen LogP contribution is 2.28. The van der Waals surface area contributed by atoms with Crippen LogP contribution in [0.1, 0.15) is 75.3 Å². The zero-order valence-corrected chi connectivity index (χ0v) is 25.4. The first kappa shape index (κ1) is 33.4. The molecule has 2 saturated carbocycles. The molecule has 0 unspecified atom stereocenters. The molecule has 232 valence electrons. The van der Waals surface area contributed by atoms with Crippen LogP contribution in [0, 0.1) is 0 Å². The van der Waals surface area contributed by atoms with Crippen LogP contribution in [-0.4, -0.2) is 51.0 Å². The van der Waals surface area contributed by atoms with E-state index in [0.29, 0.717) is 13.2 Å². The Hall–Kier alpha value is -3.15. The number of amides is 2. The van der Waals surface area contributed by atoms with E-state index in [2.05, 4.69) is 15.4 Å². The second-order valence-electron chi connectivity index (χ2n) is 11.4. The van der Waals surface area contributed by atoms with Gasteiger partial charge in [-0.3, -0.25) is 0 Å². The van der Waals surface area contributed by atoms with E-state index in [0.717, 1.165) is 75.2 Å². The summed E-state index contributed by atoms with van der Waals surface area (Å²) < 4.78 is 35.7. The Morgan fingerprint density at radius 2 is 1.12 bits per heavy atom. The molecule has 2 amide bonds. The first-order chi connectivity index (χ1) is 20.1. The number of alkyl carbamates (subject to hydrolysis) is 2. The molecule has 4 rings (SSSR count). The Morgan fingerprint density at radius 3 is 1.52 bits per heavy atom. The predicted octanol–water partition coefficient (Wildman–Crippen LogP) is 4.74. The van der Waals surface area contributed by atoms with Gasteiger partial charge in [-0.15, -0.1) is 0 Å². The van der Waals surface area contributed by atoms with Gasteiger partial charge in [0.25, 0.3) is 0 Å². The summed E-state index contributed by atoms with van der Waals surface area (Å²) in [6.45, 7) is 1.18. The van der Waals surface area contributed by atoms with E-state index in [4.69, 9.17) is 15.2 Å². The predicted molar refractivity (Wildman–Crippen MR) is 163 cm³/mol. The number of nitrogens with one attached hydrogen (secondary N) is 3. The Labute approximate surface area is 250 Å². The fourth-order valence-electron chi connectivity index (χ4n) is 5.40. The third-order valence-electron chi connectivity index (χ3n) is 7.84. The van der Waals surface area contributed by atoms with Gasteiger partial charge in [0.05, 0.1) is 17.3 Å². The van der Waals surface area contributed by atoms with Crippen LogP contribution in [-0.2, 0) is 32.7 Å². The van der Waals surface area contributed by atoms with Gasteiger partial charge in [0.15, 0.2) is 0 Å². The van der Waals surface area contributed by atoms with Gasteiger partial charge >= 0.3 is 12.2 Å². The molecule has 2 aromatic carbocycles. The summed E-state index contributed by atoms with van der Waals surface area (Å²) >= 11 is 0. The number of benzene rings is 2. The van der Waals surface area contributed by atoms with Gasteiger partial charge in [0, 0.05) is 13.1 Å². The molecule has 2 aromatic rings. The van der Waals surface area contributed by atoms with Crippen molar-refractivity contribution >= 4 is 22.2 Å². The minimum absolute atomic E-state index is 0.197. The standard InChI is InChI=1S/C16H24N2O4S.C15H22N2O2/c1-23(20,21)17-13-16(10-6-3-7-11-16)18-15(19)22-12-14-8-4-2-5-9-14;16-12-15(9-5-2-6-10-15)17-14(18)19-11-13-7-3-1-4-8-13/h2,4-5,8-9,17H,3,6-7,10-13H2,1H3,(H,18,19);1,3-4,7-8H,2,5-6,9-12,16H2,(H,17,18). The lowest BCUT2D eigenvalue weighted by molar-refractivity contribution is 0.117. The normalized spacial score (nSPS) is 17.6. The molecule has 10 nitrogen and oxygen atoms in total. The number of hydrogen-bond donors (Lipinski definition) is 4. The van der Waals surface area contributed by atoms with E-state index in [1.807, 2.05) is 60.7 Å². The van der Waals surface area contributed by atoms with Gasteiger partial charge in [-0.2, -0.15) is 0 Å². The largest absolute Gasteiger partial charge is 0.445 e. The van der Waals surface area contributed by atoms with Crippen molar-refractivity contribution in [2.24, 2.45) is 5.73 Å². The maximum Gasteiger partial charge on any atom is 0.407 e. The molecule has 2 aliphatic carbocycles. The van der Waals surface area contributed by atoms with Crippen LogP contribution in [0.15, 0.2) is 60.7 Å². The summed E-state index contributed by atoms with van der Waals surface area (Å²) in [5, 5.41) is 5.85. The van der Waals surface area contributed by atoms with Crippen molar-refractivity contribution in [1.29, 1.82) is 0 Å². The number of rotatable bonds is 10. The zero-order chi connectivity index (χ0) is 30.3. The van der Waals surface area contributed by atoms with E-state index in [1.165, 1.54) is 6.42 Å². The van der Waals surface area contributed by atoms with Gasteiger partial charge < -0.3 is 25.8 Å². The fraction of sp³-hybridized carbons (Fsp3) is 0.548. The molecule has 2 fully saturated rings. The third kappa shape index (κ3) is 12.0. The highest BCUT2D eigenvalue weighted by molar-refractivity contribution is 7.88. The summed E-state index contributed by atoms with van der Waals surface area (Å²) in [5.74, 6) is 0. The fourth-order valence-corrected chi connectivity index (χ4v) is 5.94. The van der Waals surface area contributed by atoms with Crippen LogP contribution in [0.2, 0.25) is 0 Å². The first-order valence-corrected chi connectivity index (χ1v) is 16.6. The number of carbonyl (C=O) groups is 2. The molecular formula is C31H46N4O6S. The molecule has 0 radical (unpaired) electrons. The van der Waals surface area contributed by atoms with E-state index in [9.17, 15) is 18.0 Å². The quantitative estimate of drug-likeness (QED) is 0.307. The first-order valence-electron chi connectivity index (χ1n) is 14.8. The number of nitrogens with two attached hydrogens (primary N) is 1. The second-order valence-corrected chi connectivity index (χ2v) is 13.2. The molecule has 0 bridgehead atoms. The smallest absolute Gasteiger partial charge is 0.407 e. The van der Waals surface area contributed by atoms with Gasteiger partial charge in [-0.1, -0.05) is 99.2 Å². The van der Waals surface area contributed by atoms with Crippen molar-refractivity contribution < 1.29 is 27.5 Å². The maximum absolute atomic E-state index is 12.1. The van der Waals surface area contributed by atoms with Crippen LogP contribution in [0.3, 0.4) is 0 Å². The van der Waals surface area contributed by atoms with Gasteiger partial charge in [-0.25, -0.2) is 22.7 Å². The lowest BCUT2D eigenvalue weighted by Crippen LogP contribution is -2.56. The van der Waals surface area contributed by atoms with Crippen LogP contribution < -0.4 is 21.1 Å². The van der Waals surface area contributed by atoms with Crippen molar-refractivity contribution in [1.82, 2.24) is 15.4 Å². The number of hydrogen-bond acceptors (Lipinski definition) is 7. The van der Waals surface area contributed by atoms with E-state index in [-0.39, 0.29) is 24.8 Å². The van der Waals surface area contributed by atoms with Crippen molar-refractivity contribution in [3.8, 4) is 0 Å². The van der Waals surface area contributed by atoms with Crippen LogP contribution in [0.4, 0.5) is 9.59 Å². The Balaban J connectivity index is 0.000000235. The summed E-state index contributed by atoms with van der Waals surface area (Å²) in [7, 11) is -3.29. The molecule has 0 heterocycles. The lowest BCUT2D eigenvalue weighted by atomic mass is 9.82. The van der Waals surface area contributed by atoms with Crippen molar-refractivity contribution in [2.75, 3.05) is 19.3 Å². The van der Waals surface area contributed by atoms with E-state index < -0.39 is 21.7 Å². The van der Waals surface area contributed by atoms with Crippen molar-refractivity contribution in [2.45, 2.75) is 88.5 Å². The zero-order valence-electron chi connectivity index (χ0n) is 24.6. The minimum Gasteiger partial charge on any atom is -0.445 e. The average Bonchev–Trinajstić information content (AvgIpc) is 3.00. The molecular weight excluding hydrogens is 556 g/mol. The molecule has 0 aliphatic heterocycles. The average molecular weight is 603 g/mol. The summed E-state index contributed by atoms with van der Waals surface area (Å²) in [6.07, 6.45) is 10.1. The maximum atomic E-state index is 12.1. The highest BCUT2D eigenvalue weighted by Gasteiger charge is 2.35. The molecule has 0 atom stereocenters. The molecule has 42 heavy (non-hydrogen) atoms. The van der Waals surface area contributed by atoms with Crippen LogP contribution in [0.5, 0.6) is 0 Å². The second kappa shape index (κ2) is 16.5. The SMILES string of the molecule is CS(=O)(=O)NCC1(NC(=O)OCc2ccccc2)CCCCC1.NCC1(NC(=O)OCc2ccccc2)CCCCC1. The number of ether oxygens (including phenoxy) is 2.